The maximum absolute atomic E-state index is 14.0. The Kier molecular flexibility index (Phi) is 9.54. The van der Waals surface area contributed by atoms with Crippen LogP contribution in [0.1, 0.15) is 56.2 Å². The molecule has 3 aromatic rings. The van der Waals surface area contributed by atoms with Gasteiger partial charge in [-0.1, -0.05) is 43.3 Å². The fraction of sp³-hybridized carbons (Fsp3) is 0.516. The average molecular weight is 625 g/mol. The lowest BCUT2D eigenvalue weighted by Gasteiger charge is -2.33. The monoisotopic (exact) mass is 624 g/mol. The molecule has 236 valence electrons. The van der Waals surface area contributed by atoms with Crippen LogP contribution in [0.25, 0.3) is 10.4 Å². The molecule has 0 radical (unpaired) electrons. The topological polar surface area (TPSA) is 141 Å². The SMILES string of the molecule is COC(=O)N1CCN(c2cc([C@H](C(=O)N3C[C@H](O)C[C@H]3C(=O)N[C@@H](C)c3ccc(-c4scnc4C)cc3)C(C)C)on2)CC1. The van der Waals surface area contributed by atoms with Crippen LogP contribution in [0.4, 0.5) is 10.6 Å². The zero-order valence-corrected chi connectivity index (χ0v) is 26.5. The number of anilines is 1. The second-order valence-electron chi connectivity index (χ2n) is 11.8. The molecule has 0 bridgehead atoms. The Morgan fingerprint density at radius 2 is 1.82 bits per heavy atom. The van der Waals surface area contributed by atoms with Gasteiger partial charge in [0.15, 0.2) is 11.6 Å². The average Bonchev–Trinajstić information content (AvgIpc) is 3.77. The van der Waals surface area contributed by atoms with Crippen LogP contribution >= 0.6 is 11.3 Å². The van der Waals surface area contributed by atoms with Crippen LogP contribution in [0.15, 0.2) is 40.4 Å². The van der Waals surface area contributed by atoms with Gasteiger partial charge in [-0.3, -0.25) is 9.59 Å². The van der Waals surface area contributed by atoms with Crippen molar-refractivity contribution in [1.29, 1.82) is 0 Å². The van der Waals surface area contributed by atoms with Crippen LogP contribution in [0, 0.1) is 12.8 Å². The third-order valence-electron chi connectivity index (χ3n) is 8.43. The smallest absolute Gasteiger partial charge is 0.409 e. The van der Waals surface area contributed by atoms with Crippen molar-refractivity contribution in [2.75, 3.05) is 44.7 Å². The summed E-state index contributed by atoms with van der Waals surface area (Å²) in [5.74, 6) is -0.445. The van der Waals surface area contributed by atoms with Gasteiger partial charge in [-0.2, -0.15) is 0 Å². The van der Waals surface area contributed by atoms with E-state index in [2.05, 4.69) is 15.5 Å². The van der Waals surface area contributed by atoms with Crippen LogP contribution in [0.3, 0.4) is 0 Å². The first-order chi connectivity index (χ1) is 21.1. The summed E-state index contributed by atoms with van der Waals surface area (Å²) in [5.41, 5.74) is 4.81. The largest absolute Gasteiger partial charge is 0.453 e. The molecule has 1 aromatic carbocycles. The summed E-state index contributed by atoms with van der Waals surface area (Å²) in [4.78, 5) is 49.9. The number of carbonyl (C=O) groups excluding carboxylic acids is 3. The van der Waals surface area contributed by atoms with Gasteiger partial charge in [0, 0.05) is 45.2 Å². The van der Waals surface area contributed by atoms with Crippen LogP contribution in [0.2, 0.25) is 0 Å². The molecule has 4 heterocycles. The van der Waals surface area contributed by atoms with E-state index >= 15 is 0 Å². The second-order valence-corrected chi connectivity index (χ2v) is 12.6. The lowest BCUT2D eigenvalue weighted by molar-refractivity contribution is -0.141. The van der Waals surface area contributed by atoms with Crippen molar-refractivity contribution in [3.05, 3.63) is 52.9 Å². The molecule has 2 aliphatic heterocycles. The number of benzene rings is 1. The number of aliphatic hydroxyl groups excluding tert-OH is 1. The Morgan fingerprint density at radius 1 is 1.11 bits per heavy atom. The quantitative estimate of drug-likeness (QED) is 0.385. The molecule has 0 saturated carbocycles. The summed E-state index contributed by atoms with van der Waals surface area (Å²) >= 11 is 1.59. The van der Waals surface area contributed by atoms with Crippen molar-refractivity contribution in [3.63, 3.8) is 0 Å². The van der Waals surface area contributed by atoms with E-state index < -0.39 is 18.1 Å². The standard InChI is InChI=1S/C31H40N6O6S/c1-18(2)27(25-15-26(34-43-25)35-10-12-36(13-11-35)31(41)42-5)30(40)37-16-23(38)14-24(37)29(39)33-19(3)21-6-8-22(9-7-21)28-20(4)32-17-44-28/h6-9,15,17-19,23-24,27,38H,10-14,16H2,1-5H3,(H,33,39)/t19-,23+,24-,27+/m0/s1. The molecular formula is C31H40N6O6S. The van der Waals surface area contributed by atoms with Gasteiger partial charge in [-0.15, -0.1) is 11.3 Å². The van der Waals surface area contributed by atoms with Crippen molar-refractivity contribution in [1.82, 2.24) is 25.3 Å². The van der Waals surface area contributed by atoms with E-state index in [0.29, 0.717) is 37.8 Å². The van der Waals surface area contributed by atoms with E-state index in [4.69, 9.17) is 9.26 Å². The summed E-state index contributed by atoms with van der Waals surface area (Å²) in [6.45, 7) is 9.85. The second kappa shape index (κ2) is 13.3. The Balaban J connectivity index is 1.25. The highest BCUT2D eigenvalue weighted by molar-refractivity contribution is 7.13. The van der Waals surface area contributed by atoms with Crippen molar-refractivity contribution >= 4 is 35.1 Å². The Hall–Kier alpha value is -3.97. The van der Waals surface area contributed by atoms with Gasteiger partial charge in [0.05, 0.1) is 35.3 Å². The van der Waals surface area contributed by atoms with Crippen molar-refractivity contribution in [2.24, 2.45) is 5.92 Å². The number of carbonyl (C=O) groups is 3. The molecule has 13 heteroatoms. The Bertz CT molecular complexity index is 1460. The number of likely N-dealkylation sites (tertiary alicyclic amines) is 1. The van der Waals surface area contributed by atoms with Crippen LogP contribution in [-0.4, -0.2) is 94.9 Å². The number of nitrogens with one attached hydrogen (secondary N) is 1. The third kappa shape index (κ3) is 6.58. The summed E-state index contributed by atoms with van der Waals surface area (Å²) < 4.78 is 10.5. The molecule has 2 aliphatic rings. The minimum atomic E-state index is -0.811. The Morgan fingerprint density at radius 3 is 2.43 bits per heavy atom. The fourth-order valence-electron chi connectivity index (χ4n) is 5.94. The van der Waals surface area contributed by atoms with E-state index in [9.17, 15) is 19.5 Å². The van der Waals surface area contributed by atoms with Gasteiger partial charge in [0.2, 0.25) is 11.8 Å². The number of nitrogens with zero attached hydrogens (tertiary/aromatic N) is 5. The summed E-state index contributed by atoms with van der Waals surface area (Å²) in [6.07, 6.45) is -1.02. The first kappa shape index (κ1) is 31.5. The molecule has 44 heavy (non-hydrogen) atoms. The molecule has 2 N–H and O–H groups in total. The van der Waals surface area contributed by atoms with Crippen molar-refractivity contribution in [2.45, 2.75) is 58.2 Å². The minimum Gasteiger partial charge on any atom is -0.453 e. The molecular weight excluding hydrogens is 584 g/mol. The Labute approximate surface area is 261 Å². The number of methoxy groups -OCH3 is 1. The van der Waals surface area contributed by atoms with Gasteiger partial charge in [-0.25, -0.2) is 9.78 Å². The summed E-state index contributed by atoms with van der Waals surface area (Å²) in [7, 11) is 1.36. The fourth-order valence-corrected chi connectivity index (χ4v) is 6.75. The maximum Gasteiger partial charge on any atom is 0.409 e. The molecule has 4 atom stereocenters. The number of ether oxygens (including phenoxy) is 1. The number of β-amino-alcohol motifs (C(OH)–C–C–N with tert-alkyl or cyclic N) is 1. The molecule has 2 saturated heterocycles. The lowest BCUT2D eigenvalue weighted by atomic mass is 9.91. The number of hydrogen-bond donors (Lipinski definition) is 2. The molecule has 0 spiro atoms. The number of aromatic nitrogens is 2. The highest BCUT2D eigenvalue weighted by Crippen LogP contribution is 2.33. The zero-order valence-electron chi connectivity index (χ0n) is 25.7. The number of amides is 3. The molecule has 12 nitrogen and oxygen atoms in total. The summed E-state index contributed by atoms with van der Waals surface area (Å²) in [6, 6.07) is 8.66. The minimum absolute atomic E-state index is 0.0634. The zero-order chi connectivity index (χ0) is 31.5. The van der Waals surface area contributed by atoms with E-state index in [0.717, 1.165) is 21.7 Å². The van der Waals surface area contributed by atoms with Crippen molar-refractivity contribution in [3.8, 4) is 10.4 Å². The lowest BCUT2D eigenvalue weighted by Crippen LogP contribution is -2.49. The molecule has 0 unspecified atom stereocenters. The van der Waals surface area contributed by atoms with Gasteiger partial charge < -0.3 is 34.4 Å². The number of rotatable bonds is 8. The van der Waals surface area contributed by atoms with Gasteiger partial charge in [0.25, 0.3) is 0 Å². The molecule has 2 fully saturated rings. The normalized spacial score (nSPS) is 20.1. The molecule has 2 aromatic heterocycles. The molecule has 0 aliphatic carbocycles. The first-order valence-corrected chi connectivity index (χ1v) is 15.8. The van der Waals surface area contributed by atoms with Crippen LogP contribution < -0.4 is 10.2 Å². The van der Waals surface area contributed by atoms with Gasteiger partial charge in [-0.05, 0) is 30.9 Å². The number of hydrogen-bond acceptors (Lipinski definition) is 10. The number of piperazine rings is 1. The number of aliphatic hydroxyl groups is 1. The highest BCUT2D eigenvalue weighted by Gasteiger charge is 2.43. The summed E-state index contributed by atoms with van der Waals surface area (Å²) in [5, 5.41) is 17.8. The van der Waals surface area contributed by atoms with Crippen LogP contribution in [-0.2, 0) is 14.3 Å². The van der Waals surface area contributed by atoms with E-state index in [-0.39, 0.29) is 42.8 Å². The van der Waals surface area contributed by atoms with E-state index in [1.165, 1.54) is 12.0 Å². The highest BCUT2D eigenvalue weighted by atomic mass is 32.1. The van der Waals surface area contributed by atoms with Crippen molar-refractivity contribution < 1.29 is 28.8 Å². The number of aryl methyl sites for hydroxylation is 1. The predicted octanol–water partition coefficient (Wildman–Crippen LogP) is 3.57. The van der Waals surface area contributed by atoms with Crippen LogP contribution in [0.5, 0.6) is 0 Å². The van der Waals surface area contributed by atoms with E-state index in [1.807, 2.05) is 62.4 Å². The molecule has 5 rings (SSSR count). The first-order valence-electron chi connectivity index (χ1n) is 14.9. The predicted molar refractivity (Wildman–Crippen MR) is 165 cm³/mol. The maximum atomic E-state index is 14.0. The van der Waals surface area contributed by atoms with Gasteiger partial charge >= 0.3 is 6.09 Å². The molecule has 3 amide bonds. The third-order valence-corrected chi connectivity index (χ3v) is 9.41. The van der Waals surface area contributed by atoms with Gasteiger partial charge in [0.1, 0.15) is 12.0 Å². The van der Waals surface area contributed by atoms with E-state index in [1.54, 1.807) is 22.3 Å². The number of thiazole rings is 1.